The van der Waals surface area contributed by atoms with Gasteiger partial charge in [-0.25, -0.2) is 0 Å². The first kappa shape index (κ1) is 19.8. The van der Waals surface area contributed by atoms with E-state index in [9.17, 15) is 9.59 Å². The van der Waals surface area contributed by atoms with Crippen molar-refractivity contribution >= 4 is 23.3 Å². The largest absolute Gasteiger partial charge is 0.490 e. The number of ketones is 1. The zero-order valence-corrected chi connectivity index (χ0v) is 17.0. The normalized spacial score (nSPS) is 18.4. The molecule has 0 bridgehead atoms. The number of hydrogen-bond acceptors (Lipinski definition) is 4. The number of amides is 1. The highest BCUT2D eigenvalue weighted by Crippen LogP contribution is 2.38. The van der Waals surface area contributed by atoms with Gasteiger partial charge in [0.25, 0.3) is 0 Å². The fraction of sp³-hybridized carbons (Fsp3) is 0.391. The molecule has 1 amide bonds. The Morgan fingerprint density at radius 1 is 0.966 bits per heavy atom. The molecule has 0 spiro atoms. The Morgan fingerprint density at radius 2 is 1.72 bits per heavy atom. The van der Waals surface area contributed by atoms with E-state index in [4.69, 9.17) is 21.1 Å². The van der Waals surface area contributed by atoms with E-state index in [0.717, 1.165) is 36.3 Å². The van der Waals surface area contributed by atoms with E-state index in [1.807, 2.05) is 23.1 Å². The van der Waals surface area contributed by atoms with Gasteiger partial charge in [0, 0.05) is 36.4 Å². The molecule has 0 saturated carbocycles. The van der Waals surface area contributed by atoms with Crippen molar-refractivity contribution in [2.75, 3.05) is 19.8 Å². The number of nitrogens with zero attached hydrogens (tertiary/aromatic N) is 1. The molecule has 0 aliphatic carbocycles. The van der Waals surface area contributed by atoms with Crippen LogP contribution in [0.1, 0.15) is 54.1 Å². The number of halogens is 1. The van der Waals surface area contributed by atoms with Gasteiger partial charge in [0.05, 0.1) is 19.3 Å². The van der Waals surface area contributed by atoms with Crippen molar-refractivity contribution in [1.29, 1.82) is 0 Å². The Bertz CT molecular complexity index is 896. The number of carbonyl (C=O) groups excluding carboxylic acids is 2. The number of ether oxygens (including phenoxy) is 2. The van der Waals surface area contributed by atoms with Crippen LogP contribution in [0.3, 0.4) is 0 Å². The van der Waals surface area contributed by atoms with Crippen molar-refractivity contribution in [3.8, 4) is 11.5 Å². The molecule has 2 aliphatic rings. The number of benzene rings is 2. The molecule has 1 atom stereocenters. The van der Waals surface area contributed by atoms with Crippen LogP contribution in [0.15, 0.2) is 42.5 Å². The highest BCUT2D eigenvalue weighted by atomic mass is 35.5. The van der Waals surface area contributed by atoms with Crippen LogP contribution >= 0.6 is 11.6 Å². The molecule has 1 unspecified atom stereocenters. The van der Waals surface area contributed by atoms with Gasteiger partial charge in [-0.15, -0.1) is 0 Å². The third-order valence-electron chi connectivity index (χ3n) is 5.46. The molecular weight excluding hydrogens is 390 g/mol. The van der Waals surface area contributed by atoms with Crippen LogP contribution < -0.4 is 9.47 Å². The van der Waals surface area contributed by atoms with Crippen LogP contribution in [-0.4, -0.2) is 36.3 Å². The van der Waals surface area contributed by atoms with Gasteiger partial charge in [0.2, 0.25) is 5.91 Å². The minimum absolute atomic E-state index is 0.0157. The second kappa shape index (κ2) is 8.87. The molecule has 29 heavy (non-hydrogen) atoms. The zero-order valence-electron chi connectivity index (χ0n) is 16.2. The number of carbonyl (C=O) groups is 2. The summed E-state index contributed by atoms with van der Waals surface area (Å²) in [6.07, 6.45) is 3.14. The molecule has 0 aromatic heterocycles. The van der Waals surface area contributed by atoms with Gasteiger partial charge < -0.3 is 14.4 Å². The van der Waals surface area contributed by atoms with Gasteiger partial charge in [-0.05, 0) is 54.8 Å². The van der Waals surface area contributed by atoms with Crippen LogP contribution in [0.4, 0.5) is 0 Å². The molecular formula is C23H24ClNO4. The van der Waals surface area contributed by atoms with E-state index >= 15 is 0 Å². The predicted octanol–water partition coefficient (Wildman–Crippen LogP) is 4.83. The summed E-state index contributed by atoms with van der Waals surface area (Å²) in [4.78, 5) is 27.1. The molecule has 0 N–H and O–H groups in total. The van der Waals surface area contributed by atoms with E-state index in [1.54, 1.807) is 24.3 Å². The maximum Gasteiger partial charge on any atom is 0.223 e. The topological polar surface area (TPSA) is 55.8 Å². The van der Waals surface area contributed by atoms with Crippen LogP contribution in [0.2, 0.25) is 5.02 Å². The van der Waals surface area contributed by atoms with Gasteiger partial charge in [0.1, 0.15) is 0 Å². The number of likely N-dealkylation sites (tertiary alicyclic amines) is 1. The predicted molar refractivity (Wildman–Crippen MR) is 111 cm³/mol. The van der Waals surface area contributed by atoms with Crippen LogP contribution in [-0.2, 0) is 4.79 Å². The fourth-order valence-corrected chi connectivity index (χ4v) is 4.07. The lowest BCUT2D eigenvalue weighted by Gasteiger charge is -2.25. The molecule has 152 valence electrons. The van der Waals surface area contributed by atoms with E-state index in [1.165, 1.54) is 0 Å². The Labute approximate surface area is 175 Å². The summed E-state index contributed by atoms with van der Waals surface area (Å²) < 4.78 is 11.5. The summed E-state index contributed by atoms with van der Waals surface area (Å²) in [7, 11) is 0. The smallest absolute Gasteiger partial charge is 0.223 e. The summed E-state index contributed by atoms with van der Waals surface area (Å²) in [6.45, 7) is 2.01. The van der Waals surface area contributed by atoms with Gasteiger partial charge in [0.15, 0.2) is 17.3 Å². The number of rotatable bonds is 5. The SMILES string of the molecule is O=C(CCC(=O)N1CCCC1c1ccc2c(c1)OCCCO2)c1ccc(Cl)cc1. The molecule has 1 fully saturated rings. The lowest BCUT2D eigenvalue weighted by Crippen LogP contribution is -2.30. The Kier molecular flexibility index (Phi) is 6.05. The molecule has 0 radical (unpaired) electrons. The maximum atomic E-state index is 12.9. The third-order valence-corrected chi connectivity index (χ3v) is 5.71. The van der Waals surface area contributed by atoms with Crippen LogP contribution in [0.5, 0.6) is 11.5 Å². The molecule has 5 nitrogen and oxygen atoms in total. The quantitative estimate of drug-likeness (QED) is 0.659. The third kappa shape index (κ3) is 4.56. The van der Waals surface area contributed by atoms with E-state index in [2.05, 4.69) is 0 Å². The summed E-state index contributed by atoms with van der Waals surface area (Å²) in [5, 5.41) is 0.590. The molecule has 2 heterocycles. The van der Waals surface area contributed by atoms with Crippen molar-refractivity contribution in [2.24, 2.45) is 0 Å². The number of fused-ring (bicyclic) bond motifs is 1. The van der Waals surface area contributed by atoms with Gasteiger partial charge in [-0.3, -0.25) is 9.59 Å². The lowest BCUT2D eigenvalue weighted by molar-refractivity contribution is -0.132. The first-order valence-corrected chi connectivity index (χ1v) is 10.5. The second-order valence-corrected chi connectivity index (χ2v) is 7.87. The average molecular weight is 414 g/mol. The Morgan fingerprint density at radius 3 is 2.52 bits per heavy atom. The summed E-state index contributed by atoms with van der Waals surface area (Å²) in [5.74, 6) is 1.48. The average Bonchev–Trinajstić information content (AvgIpc) is 3.11. The van der Waals surface area contributed by atoms with Crippen molar-refractivity contribution in [3.05, 3.63) is 58.6 Å². The minimum Gasteiger partial charge on any atom is -0.490 e. The standard InChI is InChI=1S/C23H24ClNO4/c24-18-7-4-16(5-8-18)20(26)9-11-23(27)25-12-1-3-19(25)17-6-10-21-22(15-17)29-14-2-13-28-21/h4-8,10,15,19H,1-3,9,11-14H2. The summed E-state index contributed by atoms with van der Waals surface area (Å²) in [6, 6.07) is 12.7. The van der Waals surface area contributed by atoms with E-state index in [-0.39, 0.29) is 30.6 Å². The Balaban J connectivity index is 1.41. The van der Waals surface area contributed by atoms with Gasteiger partial charge in [-0.2, -0.15) is 0 Å². The number of hydrogen-bond donors (Lipinski definition) is 0. The fourth-order valence-electron chi connectivity index (χ4n) is 3.94. The molecule has 4 rings (SSSR count). The molecule has 6 heteroatoms. The molecule has 2 aromatic rings. The Hall–Kier alpha value is -2.53. The molecule has 2 aromatic carbocycles. The van der Waals surface area contributed by atoms with Crippen molar-refractivity contribution in [1.82, 2.24) is 4.90 Å². The van der Waals surface area contributed by atoms with E-state index < -0.39 is 0 Å². The van der Waals surface area contributed by atoms with Crippen molar-refractivity contribution < 1.29 is 19.1 Å². The first-order valence-electron chi connectivity index (χ1n) is 10.1. The van der Waals surface area contributed by atoms with E-state index in [0.29, 0.717) is 30.3 Å². The van der Waals surface area contributed by atoms with Gasteiger partial charge >= 0.3 is 0 Å². The van der Waals surface area contributed by atoms with Crippen LogP contribution in [0.25, 0.3) is 0 Å². The zero-order chi connectivity index (χ0) is 20.2. The number of Topliss-reactive ketones (excluding diaryl/α,β-unsaturated/α-hetero) is 1. The highest BCUT2D eigenvalue weighted by Gasteiger charge is 2.30. The molecule has 1 saturated heterocycles. The summed E-state index contributed by atoms with van der Waals surface area (Å²) >= 11 is 5.87. The van der Waals surface area contributed by atoms with Crippen LogP contribution in [0, 0.1) is 0 Å². The summed E-state index contributed by atoms with van der Waals surface area (Å²) in [5.41, 5.74) is 1.65. The lowest BCUT2D eigenvalue weighted by atomic mass is 10.0. The monoisotopic (exact) mass is 413 g/mol. The second-order valence-electron chi connectivity index (χ2n) is 7.43. The first-order chi connectivity index (χ1) is 14.1. The highest BCUT2D eigenvalue weighted by molar-refractivity contribution is 6.30. The molecule has 2 aliphatic heterocycles. The van der Waals surface area contributed by atoms with Crippen molar-refractivity contribution in [3.63, 3.8) is 0 Å². The minimum atomic E-state index is -0.0404. The maximum absolute atomic E-state index is 12.9. The van der Waals surface area contributed by atoms with Gasteiger partial charge in [-0.1, -0.05) is 17.7 Å². The van der Waals surface area contributed by atoms with Crippen molar-refractivity contribution in [2.45, 2.75) is 38.1 Å².